The molecule has 2 nitrogen and oxygen atoms in total. The number of carbonyl (C=O) groups is 1. The van der Waals surface area contributed by atoms with Crippen molar-refractivity contribution in [3.63, 3.8) is 0 Å². The van der Waals surface area contributed by atoms with Gasteiger partial charge in [0.2, 0.25) is 5.91 Å². The molecule has 21 heavy (non-hydrogen) atoms. The van der Waals surface area contributed by atoms with E-state index >= 15 is 0 Å². The fourth-order valence-electron chi connectivity index (χ4n) is 2.74. The quantitative estimate of drug-likeness (QED) is 0.775. The van der Waals surface area contributed by atoms with E-state index in [1.54, 1.807) is 0 Å². The lowest BCUT2D eigenvalue weighted by Gasteiger charge is -2.32. The van der Waals surface area contributed by atoms with Crippen molar-refractivity contribution in [1.82, 2.24) is 4.90 Å². The second-order valence-electron chi connectivity index (χ2n) is 5.58. The largest absolute Gasteiger partial charge is 0.342 e. The smallest absolute Gasteiger partial charge is 0.235 e. The maximum atomic E-state index is 13.2. The van der Waals surface area contributed by atoms with E-state index in [9.17, 15) is 13.6 Å². The number of thioether (sulfide) groups is 1. The van der Waals surface area contributed by atoms with Gasteiger partial charge in [0, 0.05) is 18.0 Å². The molecule has 0 aromatic heterocycles. The molecule has 1 atom stereocenters. The van der Waals surface area contributed by atoms with Gasteiger partial charge in [-0.2, -0.15) is 0 Å². The average Bonchev–Trinajstić information content (AvgIpc) is 2.50. The number of carbonyl (C=O) groups excluding carboxylic acids is 1. The molecule has 0 spiro atoms. The molecular formula is C16H21F2NOS. The third kappa shape index (κ3) is 4.19. The average molecular weight is 313 g/mol. The number of rotatable bonds is 4. The number of hydrogen-bond donors (Lipinski definition) is 0. The summed E-state index contributed by atoms with van der Waals surface area (Å²) in [5.74, 6) is -1.69. The van der Waals surface area contributed by atoms with Crippen LogP contribution in [0.2, 0.25) is 0 Å². The molecule has 116 valence electrons. The Morgan fingerprint density at radius 1 is 1.24 bits per heavy atom. The summed E-state index contributed by atoms with van der Waals surface area (Å²) in [6, 6.07) is 4.07. The van der Waals surface area contributed by atoms with Crippen LogP contribution in [0.25, 0.3) is 0 Å². The van der Waals surface area contributed by atoms with E-state index in [1.807, 2.05) is 18.9 Å². The highest BCUT2D eigenvalue weighted by Gasteiger charge is 2.26. The highest BCUT2D eigenvalue weighted by Crippen LogP contribution is 2.28. The van der Waals surface area contributed by atoms with Crippen LogP contribution in [0.5, 0.6) is 0 Å². The summed E-state index contributed by atoms with van der Waals surface area (Å²) in [6.07, 6.45) is 5.72. The van der Waals surface area contributed by atoms with Crippen molar-refractivity contribution in [2.75, 3.05) is 7.05 Å². The molecule has 0 radical (unpaired) electrons. The lowest BCUT2D eigenvalue weighted by molar-refractivity contribution is -0.131. The van der Waals surface area contributed by atoms with E-state index in [1.165, 1.54) is 37.1 Å². The van der Waals surface area contributed by atoms with E-state index in [4.69, 9.17) is 0 Å². The highest BCUT2D eigenvalue weighted by atomic mass is 32.2. The number of amides is 1. The summed E-state index contributed by atoms with van der Waals surface area (Å²) in [4.78, 5) is 14.8. The molecule has 1 saturated carbocycles. The van der Waals surface area contributed by atoms with Gasteiger partial charge < -0.3 is 4.90 Å². The molecule has 1 aliphatic carbocycles. The van der Waals surface area contributed by atoms with Crippen molar-refractivity contribution in [3.05, 3.63) is 29.8 Å². The van der Waals surface area contributed by atoms with Crippen LogP contribution in [0, 0.1) is 11.6 Å². The second kappa shape index (κ2) is 7.25. The Bertz CT molecular complexity index is 503. The van der Waals surface area contributed by atoms with Gasteiger partial charge in [0.15, 0.2) is 11.6 Å². The third-order valence-electron chi connectivity index (χ3n) is 4.02. The van der Waals surface area contributed by atoms with Gasteiger partial charge in [0.1, 0.15) is 0 Å². The monoisotopic (exact) mass is 313 g/mol. The van der Waals surface area contributed by atoms with Gasteiger partial charge in [-0.3, -0.25) is 4.79 Å². The molecule has 1 aromatic rings. The molecule has 5 heteroatoms. The van der Waals surface area contributed by atoms with Crippen LogP contribution in [-0.2, 0) is 4.79 Å². The lowest BCUT2D eigenvalue weighted by atomic mass is 9.94. The van der Waals surface area contributed by atoms with E-state index in [0.29, 0.717) is 10.9 Å². The first-order valence-corrected chi connectivity index (χ1v) is 8.25. The standard InChI is InChI=1S/C16H21F2NOS/c1-11(21-13-8-9-14(17)15(18)10-13)16(20)19(2)12-6-4-3-5-7-12/h8-12H,3-7H2,1-2H3. The van der Waals surface area contributed by atoms with Crippen LogP contribution >= 0.6 is 11.8 Å². The zero-order chi connectivity index (χ0) is 15.4. The van der Waals surface area contributed by atoms with E-state index < -0.39 is 11.6 Å². The molecule has 1 fully saturated rings. The van der Waals surface area contributed by atoms with Gasteiger partial charge in [-0.25, -0.2) is 8.78 Å². The molecule has 1 unspecified atom stereocenters. The SMILES string of the molecule is CC(Sc1ccc(F)c(F)c1)C(=O)N(C)C1CCCCC1. The first kappa shape index (κ1) is 16.3. The molecule has 1 aromatic carbocycles. The molecular weight excluding hydrogens is 292 g/mol. The molecule has 0 bridgehead atoms. The van der Waals surface area contributed by atoms with Gasteiger partial charge in [-0.15, -0.1) is 11.8 Å². The molecule has 1 aliphatic rings. The summed E-state index contributed by atoms with van der Waals surface area (Å²) in [6.45, 7) is 1.81. The zero-order valence-electron chi connectivity index (χ0n) is 12.4. The number of halogens is 2. The maximum absolute atomic E-state index is 13.2. The van der Waals surface area contributed by atoms with Crippen LogP contribution in [0.3, 0.4) is 0 Å². The van der Waals surface area contributed by atoms with Gasteiger partial charge in [-0.1, -0.05) is 19.3 Å². The summed E-state index contributed by atoms with van der Waals surface area (Å²) < 4.78 is 26.1. The predicted octanol–water partition coefficient (Wildman–Crippen LogP) is 4.24. The van der Waals surface area contributed by atoms with Crippen LogP contribution in [0.1, 0.15) is 39.0 Å². The fourth-order valence-corrected chi connectivity index (χ4v) is 3.73. The lowest BCUT2D eigenvalue weighted by Crippen LogP contribution is -2.42. The minimum Gasteiger partial charge on any atom is -0.342 e. The Kier molecular flexibility index (Phi) is 5.62. The third-order valence-corrected chi connectivity index (χ3v) is 5.10. The first-order chi connectivity index (χ1) is 9.99. The molecule has 0 N–H and O–H groups in total. The summed E-state index contributed by atoms with van der Waals surface area (Å²) in [5.41, 5.74) is 0. The normalized spacial score (nSPS) is 17.5. The van der Waals surface area contributed by atoms with Crippen molar-refractivity contribution in [1.29, 1.82) is 0 Å². The van der Waals surface area contributed by atoms with Gasteiger partial charge in [0.25, 0.3) is 0 Å². The zero-order valence-corrected chi connectivity index (χ0v) is 13.3. The number of nitrogens with zero attached hydrogens (tertiary/aromatic N) is 1. The van der Waals surface area contributed by atoms with Crippen molar-refractivity contribution < 1.29 is 13.6 Å². The topological polar surface area (TPSA) is 20.3 Å². The van der Waals surface area contributed by atoms with Crippen molar-refractivity contribution in [2.24, 2.45) is 0 Å². The Morgan fingerprint density at radius 2 is 1.90 bits per heavy atom. The maximum Gasteiger partial charge on any atom is 0.235 e. The van der Waals surface area contributed by atoms with Gasteiger partial charge >= 0.3 is 0 Å². The predicted molar refractivity (Wildman–Crippen MR) is 81.3 cm³/mol. The summed E-state index contributed by atoms with van der Waals surface area (Å²) in [5, 5.41) is -0.304. The van der Waals surface area contributed by atoms with E-state index in [0.717, 1.165) is 25.0 Å². The summed E-state index contributed by atoms with van der Waals surface area (Å²) in [7, 11) is 1.85. The van der Waals surface area contributed by atoms with Crippen LogP contribution in [0.4, 0.5) is 8.78 Å². The molecule has 0 aliphatic heterocycles. The van der Waals surface area contributed by atoms with Gasteiger partial charge in [-0.05, 0) is 38.0 Å². The Hall–Kier alpha value is -1.10. The van der Waals surface area contributed by atoms with Crippen LogP contribution in [-0.4, -0.2) is 29.1 Å². The minimum atomic E-state index is -0.875. The molecule has 1 amide bonds. The van der Waals surface area contributed by atoms with Gasteiger partial charge in [0.05, 0.1) is 5.25 Å². The summed E-state index contributed by atoms with van der Waals surface area (Å²) >= 11 is 1.27. The van der Waals surface area contributed by atoms with Crippen molar-refractivity contribution in [3.8, 4) is 0 Å². The first-order valence-electron chi connectivity index (χ1n) is 7.37. The van der Waals surface area contributed by atoms with Crippen LogP contribution in [0.15, 0.2) is 23.1 Å². The number of benzene rings is 1. The fraction of sp³-hybridized carbons (Fsp3) is 0.562. The van der Waals surface area contributed by atoms with Crippen LogP contribution < -0.4 is 0 Å². The van der Waals surface area contributed by atoms with E-state index in [2.05, 4.69) is 0 Å². The van der Waals surface area contributed by atoms with Crippen molar-refractivity contribution >= 4 is 17.7 Å². The highest BCUT2D eigenvalue weighted by molar-refractivity contribution is 8.00. The Balaban J connectivity index is 1.96. The van der Waals surface area contributed by atoms with E-state index in [-0.39, 0.29) is 11.2 Å². The molecule has 2 rings (SSSR count). The molecule has 0 saturated heterocycles. The Labute approximate surface area is 128 Å². The minimum absolute atomic E-state index is 0.0524. The van der Waals surface area contributed by atoms with Crippen molar-refractivity contribution in [2.45, 2.75) is 55.2 Å². The molecule has 0 heterocycles. The Morgan fingerprint density at radius 3 is 2.52 bits per heavy atom. The second-order valence-corrected chi connectivity index (χ2v) is 6.99. The number of hydrogen-bond acceptors (Lipinski definition) is 2.